The molecule has 2 N–H and O–H groups in total. The van der Waals surface area contributed by atoms with Crippen molar-refractivity contribution in [3.05, 3.63) is 0 Å². The molecular formula is C14H26N4O2S2. The van der Waals surface area contributed by atoms with Gasteiger partial charge in [-0.3, -0.25) is 0 Å². The summed E-state index contributed by atoms with van der Waals surface area (Å²) in [6, 6.07) is 1.45. The molecule has 0 fully saturated rings. The van der Waals surface area contributed by atoms with Gasteiger partial charge in [0.1, 0.15) is 0 Å². The molecule has 8 heteroatoms. The summed E-state index contributed by atoms with van der Waals surface area (Å²) in [5.41, 5.74) is 0. The summed E-state index contributed by atoms with van der Waals surface area (Å²) in [5.74, 6) is 2.29. The van der Waals surface area contributed by atoms with Crippen molar-refractivity contribution in [2.75, 3.05) is 50.9 Å². The fraction of sp³-hybridized carbons (Fsp3) is 0.857. The minimum Gasteiger partial charge on any atom is -0.465 e. The first-order valence-electron chi connectivity index (χ1n) is 8.02. The Labute approximate surface area is 140 Å². The van der Waals surface area contributed by atoms with Gasteiger partial charge in [0, 0.05) is 50.5 Å². The highest BCUT2D eigenvalue weighted by atomic mass is 33.1. The van der Waals surface area contributed by atoms with Crippen molar-refractivity contribution in [3.63, 3.8) is 0 Å². The van der Waals surface area contributed by atoms with Crippen molar-refractivity contribution >= 4 is 33.6 Å². The molecule has 0 radical (unpaired) electrons. The third-order valence-electron chi connectivity index (χ3n) is 3.04. The molecule has 2 aliphatic heterocycles. The van der Waals surface area contributed by atoms with Gasteiger partial charge in [-0.2, -0.15) is 0 Å². The maximum Gasteiger partial charge on any atom is 0.284 e. The SMILES string of the molecule is C1CN=C(NCCCSSCCCNC2=NCCCO2)OC1. The fourth-order valence-electron chi connectivity index (χ4n) is 1.90. The number of hydrogen-bond donors (Lipinski definition) is 2. The van der Waals surface area contributed by atoms with E-state index in [0.717, 1.165) is 88.6 Å². The number of nitrogens with one attached hydrogen (secondary N) is 2. The normalized spacial score (nSPS) is 17.8. The average molecular weight is 347 g/mol. The lowest BCUT2D eigenvalue weighted by Crippen LogP contribution is -2.30. The van der Waals surface area contributed by atoms with Crippen LogP contribution in [0.1, 0.15) is 25.7 Å². The summed E-state index contributed by atoms with van der Waals surface area (Å²) in [5, 5.41) is 6.47. The zero-order valence-corrected chi connectivity index (χ0v) is 14.6. The van der Waals surface area contributed by atoms with Crippen LogP contribution < -0.4 is 10.6 Å². The van der Waals surface area contributed by atoms with Gasteiger partial charge >= 0.3 is 0 Å². The minimum absolute atomic E-state index is 0.725. The quantitative estimate of drug-likeness (QED) is 0.491. The van der Waals surface area contributed by atoms with Gasteiger partial charge in [0.2, 0.25) is 0 Å². The molecule has 0 amide bonds. The zero-order valence-electron chi connectivity index (χ0n) is 13.0. The average Bonchev–Trinajstić information content (AvgIpc) is 2.58. The molecule has 0 bridgehead atoms. The fourth-order valence-corrected chi connectivity index (χ4v) is 4.08. The maximum absolute atomic E-state index is 5.40. The van der Waals surface area contributed by atoms with Crippen LogP contribution in [0.4, 0.5) is 0 Å². The number of amidine groups is 2. The van der Waals surface area contributed by atoms with Crippen molar-refractivity contribution in [1.82, 2.24) is 10.6 Å². The first-order chi connectivity index (χ1) is 10.9. The summed E-state index contributed by atoms with van der Waals surface area (Å²) < 4.78 is 10.8. The first-order valence-corrected chi connectivity index (χ1v) is 10.5. The molecule has 0 saturated heterocycles. The number of ether oxygens (including phenoxy) is 2. The van der Waals surface area contributed by atoms with E-state index in [4.69, 9.17) is 9.47 Å². The van der Waals surface area contributed by atoms with Crippen LogP contribution in [-0.2, 0) is 9.47 Å². The Bertz CT molecular complexity index is 333. The Morgan fingerprint density at radius 2 is 1.32 bits per heavy atom. The smallest absolute Gasteiger partial charge is 0.284 e. The van der Waals surface area contributed by atoms with Gasteiger partial charge in [-0.05, 0) is 12.8 Å². The molecule has 0 saturated carbocycles. The largest absolute Gasteiger partial charge is 0.465 e. The van der Waals surface area contributed by atoms with Gasteiger partial charge in [0.05, 0.1) is 13.2 Å². The van der Waals surface area contributed by atoms with E-state index in [2.05, 4.69) is 20.6 Å². The molecule has 0 aromatic rings. The number of hydrogen-bond acceptors (Lipinski definition) is 8. The lowest BCUT2D eigenvalue weighted by molar-refractivity contribution is 0.267. The predicted octanol–water partition coefficient (Wildman–Crippen LogP) is 1.88. The monoisotopic (exact) mass is 346 g/mol. The van der Waals surface area contributed by atoms with E-state index in [1.165, 1.54) is 0 Å². The molecular weight excluding hydrogens is 320 g/mol. The summed E-state index contributed by atoms with van der Waals surface area (Å²) in [6.07, 6.45) is 4.32. The van der Waals surface area contributed by atoms with Gasteiger partial charge in [-0.15, -0.1) is 0 Å². The molecule has 6 nitrogen and oxygen atoms in total. The van der Waals surface area contributed by atoms with Crippen LogP contribution in [-0.4, -0.2) is 62.9 Å². The Kier molecular flexibility index (Phi) is 9.40. The maximum atomic E-state index is 5.40. The van der Waals surface area contributed by atoms with Crippen LogP contribution in [0.2, 0.25) is 0 Å². The Hall–Kier alpha value is -0.760. The van der Waals surface area contributed by atoms with E-state index in [0.29, 0.717) is 0 Å². The minimum atomic E-state index is 0.725. The third kappa shape index (κ3) is 8.03. The van der Waals surface area contributed by atoms with Gasteiger partial charge in [0.25, 0.3) is 12.0 Å². The molecule has 0 atom stereocenters. The standard InChI is InChI=1S/C14H26N4O2S2/c1-5-15-13(19-9-1)17-7-3-11-21-22-12-4-8-18-14-16-6-2-10-20-14/h1-12H2,(H,15,17)(H,16,18). The van der Waals surface area contributed by atoms with Crippen LogP contribution in [0.3, 0.4) is 0 Å². The van der Waals surface area contributed by atoms with E-state index < -0.39 is 0 Å². The Morgan fingerprint density at radius 1 is 0.818 bits per heavy atom. The Morgan fingerprint density at radius 3 is 1.73 bits per heavy atom. The van der Waals surface area contributed by atoms with E-state index in [1.54, 1.807) is 0 Å². The van der Waals surface area contributed by atoms with E-state index in [1.807, 2.05) is 21.6 Å². The van der Waals surface area contributed by atoms with Crippen molar-refractivity contribution < 1.29 is 9.47 Å². The van der Waals surface area contributed by atoms with E-state index in [-0.39, 0.29) is 0 Å². The molecule has 2 heterocycles. The number of aliphatic imine (C=N–C) groups is 2. The molecule has 0 aromatic heterocycles. The van der Waals surface area contributed by atoms with E-state index >= 15 is 0 Å². The molecule has 126 valence electrons. The second-order valence-corrected chi connectivity index (χ2v) is 7.68. The molecule has 22 heavy (non-hydrogen) atoms. The zero-order chi connectivity index (χ0) is 15.3. The lowest BCUT2D eigenvalue weighted by atomic mass is 10.4. The van der Waals surface area contributed by atoms with Gasteiger partial charge in [0.15, 0.2) is 0 Å². The molecule has 2 rings (SSSR count). The second kappa shape index (κ2) is 11.8. The van der Waals surface area contributed by atoms with Crippen LogP contribution in [0.25, 0.3) is 0 Å². The second-order valence-electron chi connectivity index (χ2n) is 4.98. The van der Waals surface area contributed by atoms with Crippen LogP contribution >= 0.6 is 21.6 Å². The predicted molar refractivity (Wildman–Crippen MR) is 95.9 cm³/mol. The summed E-state index contributed by atoms with van der Waals surface area (Å²) in [6.45, 7) is 5.23. The molecule has 2 aliphatic rings. The molecule has 0 aliphatic carbocycles. The summed E-state index contributed by atoms with van der Waals surface area (Å²) in [4.78, 5) is 8.56. The van der Waals surface area contributed by atoms with Gasteiger partial charge in [-0.25, -0.2) is 9.98 Å². The van der Waals surface area contributed by atoms with Crippen LogP contribution in [0.15, 0.2) is 9.98 Å². The Balaban J connectivity index is 1.32. The van der Waals surface area contributed by atoms with Gasteiger partial charge in [-0.1, -0.05) is 21.6 Å². The van der Waals surface area contributed by atoms with Crippen molar-refractivity contribution in [2.24, 2.45) is 9.98 Å². The first kappa shape index (κ1) is 17.6. The topological polar surface area (TPSA) is 67.2 Å². The van der Waals surface area contributed by atoms with Crippen LogP contribution in [0.5, 0.6) is 0 Å². The third-order valence-corrected chi connectivity index (χ3v) is 5.62. The lowest BCUT2D eigenvalue weighted by Gasteiger charge is -2.15. The highest BCUT2D eigenvalue weighted by Gasteiger charge is 2.05. The van der Waals surface area contributed by atoms with Gasteiger partial charge < -0.3 is 20.1 Å². The van der Waals surface area contributed by atoms with Crippen molar-refractivity contribution in [2.45, 2.75) is 25.7 Å². The molecule has 0 unspecified atom stereocenters. The summed E-state index contributed by atoms with van der Waals surface area (Å²) >= 11 is 0. The highest BCUT2D eigenvalue weighted by molar-refractivity contribution is 8.76. The molecule has 0 spiro atoms. The van der Waals surface area contributed by atoms with Crippen LogP contribution in [0, 0.1) is 0 Å². The number of nitrogens with zero attached hydrogens (tertiary/aromatic N) is 2. The summed E-state index contributed by atoms with van der Waals surface area (Å²) in [7, 11) is 3.87. The highest BCUT2D eigenvalue weighted by Crippen LogP contribution is 2.22. The van der Waals surface area contributed by atoms with Crippen molar-refractivity contribution in [3.8, 4) is 0 Å². The molecule has 0 aromatic carbocycles. The number of rotatable bonds is 9. The van der Waals surface area contributed by atoms with Crippen molar-refractivity contribution in [1.29, 1.82) is 0 Å². The van der Waals surface area contributed by atoms with E-state index in [9.17, 15) is 0 Å².